The summed E-state index contributed by atoms with van der Waals surface area (Å²) in [5, 5.41) is 3.01. The van der Waals surface area contributed by atoms with Gasteiger partial charge in [0.15, 0.2) is 5.78 Å². The minimum absolute atomic E-state index is 0.0476. The van der Waals surface area contributed by atoms with Gasteiger partial charge in [-0.3, -0.25) is 9.59 Å². The molecule has 0 unspecified atom stereocenters. The van der Waals surface area contributed by atoms with E-state index in [0.29, 0.717) is 24.9 Å². The van der Waals surface area contributed by atoms with E-state index < -0.39 is 15.4 Å². The molecular weight excluding hydrogens is 400 g/mol. The topological polar surface area (TPSA) is 83.6 Å². The summed E-state index contributed by atoms with van der Waals surface area (Å²) in [6.45, 7) is 6.38. The van der Waals surface area contributed by atoms with Gasteiger partial charge < -0.3 is 5.32 Å². The summed E-state index contributed by atoms with van der Waals surface area (Å²) in [5.74, 6) is -0.155. The number of piperidine rings is 1. The number of sulfonamides is 1. The van der Waals surface area contributed by atoms with E-state index >= 15 is 0 Å². The van der Waals surface area contributed by atoms with Crippen LogP contribution >= 0.6 is 0 Å². The zero-order valence-corrected chi connectivity index (χ0v) is 18.5. The molecule has 0 spiro atoms. The summed E-state index contributed by atoms with van der Waals surface area (Å²) in [4.78, 5) is 24.4. The van der Waals surface area contributed by atoms with Gasteiger partial charge in [-0.05, 0) is 49.9 Å². The molecule has 2 aromatic carbocycles. The molecule has 0 aromatic heterocycles. The second-order valence-electron chi connectivity index (χ2n) is 8.15. The first kappa shape index (κ1) is 22.2. The van der Waals surface area contributed by atoms with Crippen molar-refractivity contribution in [3.05, 3.63) is 65.2 Å². The number of carbonyl (C=O) groups excluding carboxylic acids is 2. The first-order chi connectivity index (χ1) is 14.1. The van der Waals surface area contributed by atoms with Crippen molar-refractivity contribution in [1.29, 1.82) is 0 Å². The molecule has 1 aliphatic heterocycles. The number of carbonyl (C=O) groups is 2. The van der Waals surface area contributed by atoms with Crippen molar-refractivity contribution in [2.24, 2.45) is 5.41 Å². The average Bonchev–Trinajstić information content (AvgIpc) is 2.73. The Labute approximate surface area is 178 Å². The number of hydrogen-bond acceptors (Lipinski definition) is 4. The average molecular weight is 429 g/mol. The molecule has 1 heterocycles. The van der Waals surface area contributed by atoms with Crippen LogP contribution in [0.5, 0.6) is 0 Å². The highest BCUT2D eigenvalue weighted by Gasteiger charge is 2.40. The molecule has 1 saturated heterocycles. The van der Waals surface area contributed by atoms with Gasteiger partial charge in [-0.2, -0.15) is 4.31 Å². The van der Waals surface area contributed by atoms with Gasteiger partial charge in [0.1, 0.15) is 0 Å². The number of rotatable bonds is 6. The van der Waals surface area contributed by atoms with Crippen molar-refractivity contribution in [2.45, 2.75) is 45.1 Å². The molecule has 7 heteroatoms. The van der Waals surface area contributed by atoms with Crippen LogP contribution in [0, 0.1) is 12.3 Å². The molecule has 0 saturated carbocycles. The van der Waals surface area contributed by atoms with Crippen LogP contribution in [-0.4, -0.2) is 37.5 Å². The Morgan fingerprint density at radius 2 is 1.63 bits per heavy atom. The zero-order chi connectivity index (χ0) is 21.9. The largest absolute Gasteiger partial charge is 0.352 e. The second kappa shape index (κ2) is 8.70. The van der Waals surface area contributed by atoms with Gasteiger partial charge in [-0.15, -0.1) is 0 Å². The Morgan fingerprint density at radius 3 is 2.20 bits per heavy atom. The number of ketones is 1. The van der Waals surface area contributed by atoms with Crippen LogP contribution in [0.2, 0.25) is 0 Å². The Balaban J connectivity index is 1.63. The highest BCUT2D eigenvalue weighted by atomic mass is 32.2. The van der Waals surface area contributed by atoms with Gasteiger partial charge in [0.05, 0.1) is 4.90 Å². The van der Waals surface area contributed by atoms with Crippen LogP contribution in [0.15, 0.2) is 53.4 Å². The van der Waals surface area contributed by atoms with Crippen molar-refractivity contribution in [1.82, 2.24) is 9.62 Å². The Morgan fingerprint density at radius 1 is 1.03 bits per heavy atom. The van der Waals surface area contributed by atoms with Crippen LogP contribution in [0.3, 0.4) is 0 Å². The number of nitrogens with zero attached hydrogens (tertiary/aromatic N) is 1. The highest BCUT2D eigenvalue weighted by Crippen LogP contribution is 2.33. The number of hydrogen-bond donors (Lipinski definition) is 1. The molecule has 1 aliphatic rings. The summed E-state index contributed by atoms with van der Waals surface area (Å²) in [7, 11) is -3.65. The Bertz CT molecular complexity index is 1040. The van der Waals surface area contributed by atoms with E-state index in [-0.39, 0.29) is 29.7 Å². The minimum Gasteiger partial charge on any atom is -0.352 e. The second-order valence-corrected chi connectivity index (χ2v) is 10.1. The molecule has 1 fully saturated rings. The Hall–Kier alpha value is -2.51. The lowest BCUT2D eigenvalue weighted by molar-refractivity contribution is -0.132. The van der Waals surface area contributed by atoms with Gasteiger partial charge in [-0.25, -0.2) is 8.42 Å². The molecule has 2 aromatic rings. The maximum atomic E-state index is 12.9. The van der Waals surface area contributed by atoms with Gasteiger partial charge >= 0.3 is 0 Å². The molecule has 1 amide bonds. The fourth-order valence-corrected chi connectivity index (χ4v) is 5.10. The monoisotopic (exact) mass is 428 g/mol. The molecule has 30 heavy (non-hydrogen) atoms. The van der Waals surface area contributed by atoms with E-state index in [0.717, 1.165) is 11.1 Å². The number of amides is 1. The zero-order valence-electron chi connectivity index (χ0n) is 17.6. The molecule has 160 valence electrons. The highest BCUT2D eigenvalue weighted by molar-refractivity contribution is 7.89. The summed E-state index contributed by atoms with van der Waals surface area (Å²) >= 11 is 0. The molecule has 0 aliphatic carbocycles. The molecule has 0 atom stereocenters. The van der Waals surface area contributed by atoms with E-state index in [9.17, 15) is 18.0 Å². The van der Waals surface area contributed by atoms with Gasteiger partial charge in [0.2, 0.25) is 15.9 Å². The predicted octanol–water partition coefficient (Wildman–Crippen LogP) is 3.30. The summed E-state index contributed by atoms with van der Waals surface area (Å²) in [6.07, 6.45) is 0.911. The van der Waals surface area contributed by atoms with E-state index in [1.165, 1.54) is 35.5 Å². The van der Waals surface area contributed by atoms with Crippen molar-refractivity contribution < 1.29 is 18.0 Å². The first-order valence-electron chi connectivity index (χ1n) is 10.1. The quantitative estimate of drug-likeness (QED) is 0.716. The predicted molar refractivity (Wildman–Crippen MR) is 116 cm³/mol. The molecule has 0 bridgehead atoms. The van der Waals surface area contributed by atoms with Crippen molar-refractivity contribution >= 4 is 21.7 Å². The number of benzene rings is 2. The first-order valence-corrected chi connectivity index (χ1v) is 11.5. The van der Waals surface area contributed by atoms with E-state index in [1.54, 1.807) is 0 Å². The molecule has 1 N–H and O–H groups in total. The van der Waals surface area contributed by atoms with E-state index in [1.807, 2.05) is 38.1 Å². The van der Waals surface area contributed by atoms with Crippen molar-refractivity contribution in [2.75, 3.05) is 13.1 Å². The van der Waals surface area contributed by atoms with E-state index in [2.05, 4.69) is 5.32 Å². The van der Waals surface area contributed by atoms with Crippen LogP contribution in [0.1, 0.15) is 48.2 Å². The number of nitrogens with one attached hydrogen (secondary N) is 1. The van der Waals surface area contributed by atoms with Crippen molar-refractivity contribution in [3.8, 4) is 0 Å². The van der Waals surface area contributed by atoms with Crippen LogP contribution in [0.4, 0.5) is 0 Å². The van der Waals surface area contributed by atoms with Crippen molar-refractivity contribution in [3.63, 3.8) is 0 Å². The molecule has 3 rings (SSSR count). The number of Topliss-reactive ketones (excluding diaryl/α,β-unsaturated/α-hetero) is 1. The maximum Gasteiger partial charge on any atom is 0.243 e. The van der Waals surface area contributed by atoms with Gasteiger partial charge in [0, 0.05) is 30.6 Å². The Kier molecular flexibility index (Phi) is 6.43. The SMILES string of the molecule is CC(=O)c1ccc(S(=O)(=O)N2CCC(C)(C(=O)NCc3ccccc3C)CC2)cc1. The van der Waals surface area contributed by atoms with Crippen LogP contribution in [-0.2, 0) is 21.4 Å². The fraction of sp³-hybridized carbons (Fsp3) is 0.391. The summed E-state index contributed by atoms with van der Waals surface area (Å²) < 4.78 is 27.3. The van der Waals surface area contributed by atoms with Gasteiger partial charge in [0.25, 0.3) is 0 Å². The summed E-state index contributed by atoms with van der Waals surface area (Å²) in [6, 6.07) is 13.9. The number of aryl methyl sites for hydroxylation is 1. The molecular formula is C23H28N2O4S. The molecule has 0 radical (unpaired) electrons. The van der Waals surface area contributed by atoms with E-state index in [4.69, 9.17) is 0 Å². The van der Waals surface area contributed by atoms with Crippen LogP contribution in [0.25, 0.3) is 0 Å². The lowest BCUT2D eigenvalue weighted by Crippen LogP contribution is -2.48. The third kappa shape index (κ3) is 4.63. The van der Waals surface area contributed by atoms with Crippen LogP contribution < -0.4 is 5.32 Å². The summed E-state index contributed by atoms with van der Waals surface area (Å²) in [5.41, 5.74) is 2.07. The lowest BCUT2D eigenvalue weighted by atomic mass is 9.80. The smallest absolute Gasteiger partial charge is 0.243 e. The lowest BCUT2D eigenvalue weighted by Gasteiger charge is -2.37. The fourth-order valence-electron chi connectivity index (χ4n) is 3.66. The normalized spacial score (nSPS) is 16.8. The van der Waals surface area contributed by atoms with Gasteiger partial charge in [-0.1, -0.05) is 43.3 Å². The minimum atomic E-state index is -3.65. The third-order valence-electron chi connectivity index (χ3n) is 5.97. The molecule has 6 nitrogen and oxygen atoms in total. The third-order valence-corrected chi connectivity index (χ3v) is 7.89. The maximum absolute atomic E-state index is 12.9. The standard InChI is InChI=1S/C23H28N2O4S/c1-17-6-4-5-7-20(17)16-24-22(27)23(3)12-14-25(15-13-23)30(28,29)21-10-8-19(9-11-21)18(2)26/h4-11H,12-16H2,1-3H3,(H,24,27).